The number of thiophene rings is 2. The molecule has 1 N–H and O–H groups in total. The van der Waals surface area contributed by atoms with Crippen molar-refractivity contribution in [3.63, 3.8) is 0 Å². The van der Waals surface area contributed by atoms with Crippen LogP contribution < -0.4 is 4.65 Å². The van der Waals surface area contributed by atoms with Gasteiger partial charge < -0.3 is 9.68 Å². The van der Waals surface area contributed by atoms with Crippen molar-refractivity contribution >= 4 is 110 Å². The highest BCUT2D eigenvalue weighted by atomic mass is 79.9. The van der Waals surface area contributed by atoms with Crippen LogP contribution in [0, 0.1) is 0 Å². The molecule has 0 fully saturated rings. The summed E-state index contributed by atoms with van der Waals surface area (Å²) in [6.07, 6.45) is 0. The highest BCUT2D eigenvalue weighted by molar-refractivity contribution is 9.10. The molecular weight excluding hydrogens is 690 g/mol. The first-order valence-electron chi connectivity index (χ1n) is 13.6. The molecule has 0 aliphatic carbocycles. The molecule has 1 radical (unpaired) electrons. The van der Waals surface area contributed by atoms with E-state index in [0.29, 0.717) is 18.5 Å². The topological polar surface area (TPSA) is 29.5 Å². The molecule has 0 saturated carbocycles. The van der Waals surface area contributed by atoms with Crippen molar-refractivity contribution in [3.8, 4) is 16.9 Å². The molecule has 2 heterocycles. The quantitative estimate of drug-likeness (QED) is 0.185. The van der Waals surface area contributed by atoms with Crippen LogP contribution in [0.1, 0.15) is 0 Å². The molecule has 0 bridgehead atoms. The number of hydrogen-bond donors (Lipinski definition) is 1. The Morgan fingerprint density at radius 2 is 1.00 bits per heavy atom. The lowest BCUT2D eigenvalue weighted by Crippen LogP contribution is -1.98. The molecule has 8 rings (SSSR count). The first-order valence-corrected chi connectivity index (χ1v) is 16.8. The van der Waals surface area contributed by atoms with E-state index in [4.69, 9.17) is 28.2 Å². The maximum atomic E-state index is 8.21. The summed E-state index contributed by atoms with van der Waals surface area (Å²) >= 11 is 18.7. The number of rotatable bonds is 3. The lowest BCUT2D eigenvalue weighted by atomic mass is 10.0. The summed E-state index contributed by atoms with van der Waals surface area (Å²) in [4.78, 5) is 0. The van der Waals surface area contributed by atoms with Crippen molar-refractivity contribution in [2.24, 2.45) is 0 Å². The van der Waals surface area contributed by atoms with Crippen LogP contribution in [-0.4, -0.2) is 12.7 Å². The molecule has 8 heteroatoms. The van der Waals surface area contributed by atoms with E-state index in [2.05, 4.69) is 118 Å². The van der Waals surface area contributed by atoms with Gasteiger partial charge in [-0.3, -0.25) is 0 Å². The van der Waals surface area contributed by atoms with Crippen molar-refractivity contribution in [2.45, 2.75) is 0 Å². The van der Waals surface area contributed by atoms with Gasteiger partial charge in [-0.25, -0.2) is 0 Å². The van der Waals surface area contributed by atoms with Crippen molar-refractivity contribution in [3.05, 3.63) is 148 Å². The Morgan fingerprint density at radius 1 is 0.523 bits per heavy atom. The van der Waals surface area contributed by atoms with E-state index >= 15 is 0 Å². The predicted octanol–water partition coefficient (Wildman–Crippen LogP) is 12.4. The zero-order chi connectivity index (χ0) is 30.5. The summed E-state index contributed by atoms with van der Waals surface area (Å²) in [5, 5.41) is 15.0. The van der Waals surface area contributed by atoms with Crippen molar-refractivity contribution in [1.29, 1.82) is 0 Å². The van der Waals surface area contributed by atoms with Gasteiger partial charge in [0.05, 0.1) is 0 Å². The number of halogens is 3. The van der Waals surface area contributed by atoms with Crippen LogP contribution in [0.3, 0.4) is 0 Å². The maximum Gasteiger partial charge on any atom is 0.569 e. The van der Waals surface area contributed by atoms with Crippen molar-refractivity contribution in [1.82, 2.24) is 0 Å². The minimum Gasteiger partial charge on any atom is -0.537 e. The van der Waals surface area contributed by atoms with E-state index in [-0.39, 0.29) is 0 Å². The van der Waals surface area contributed by atoms with Crippen LogP contribution in [0.15, 0.2) is 138 Å². The fourth-order valence-corrected chi connectivity index (χ4v) is 7.61. The van der Waals surface area contributed by atoms with E-state index < -0.39 is 0 Å². The molecule has 0 amide bonds. The van der Waals surface area contributed by atoms with Gasteiger partial charge in [0.1, 0.15) is 5.75 Å². The zero-order valence-electron chi connectivity index (χ0n) is 23.1. The number of hydrogen-bond acceptors (Lipinski definition) is 4. The summed E-state index contributed by atoms with van der Waals surface area (Å²) in [5.74, 6) is 0.562. The van der Waals surface area contributed by atoms with Gasteiger partial charge in [0.25, 0.3) is 0 Å². The van der Waals surface area contributed by atoms with Crippen LogP contribution in [-0.2, 0) is 0 Å². The molecule has 8 aromatic rings. The predicted molar refractivity (Wildman–Crippen MR) is 197 cm³/mol. The molecule has 0 saturated heterocycles. The summed E-state index contributed by atoms with van der Waals surface area (Å²) in [6, 6.07) is 44.9. The Labute approximate surface area is 282 Å². The summed E-state index contributed by atoms with van der Waals surface area (Å²) in [7, 11) is 0.628. The van der Waals surface area contributed by atoms with E-state index in [0.717, 1.165) is 9.50 Å². The van der Waals surface area contributed by atoms with E-state index in [1.54, 1.807) is 24.3 Å². The Bertz CT molecular complexity index is 2180. The lowest BCUT2D eigenvalue weighted by molar-refractivity contribution is 0.454. The Balaban J connectivity index is 0.000000125. The van der Waals surface area contributed by atoms with Gasteiger partial charge in [-0.05, 0) is 90.0 Å². The molecule has 215 valence electrons. The standard InChI is InChI=1S/C18H11ClS.C12H7BrS.C6H5BClO2/c19-14-8-5-12(6-9-14)13-7-10-18-16(11-13)15-3-1-2-4-17(15)20-18;13-8-5-6-12-10(7-8)9-3-1-2-4-11(9)14-12;8-5-1-3-6(4-2-5)10-7-9/h1-11H;1-7H;1-4,9H. The SMILES string of the molecule is Brc1ccc2sc3ccccc3c2c1.Clc1ccc(-c2ccc3sc4ccccc4c3c2)cc1.O[B]Oc1ccc(Cl)cc1. The summed E-state index contributed by atoms with van der Waals surface area (Å²) < 4.78 is 11.2. The average molecular weight is 713 g/mol. The third-order valence-corrected chi connectivity index (χ3v) is 10.2. The molecule has 2 nitrogen and oxygen atoms in total. The average Bonchev–Trinajstić information content (AvgIpc) is 3.61. The number of fused-ring (bicyclic) bond motifs is 6. The monoisotopic (exact) mass is 711 g/mol. The maximum absolute atomic E-state index is 8.21. The van der Waals surface area contributed by atoms with Gasteiger partial charge in [0.15, 0.2) is 0 Å². The molecule has 0 spiro atoms. The second-order valence-corrected chi connectivity index (χ2v) is 13.7. The Hall–Kier alpha value is -3.36. The van der Waals surface area contributed by atoms with Gasteiger partial charge in [0, 0.05) is 54.9 Å². The molecule has 0 aliphatic heterocycles. The normalized spacial score (nSPS) is 10.7. The van der Waals surface area contributed by atoms with Crippen LogP contribution in [0.5, 0.6) is 5.75 Å². The fourth-order valence-electron chi connectivity index (χ4n) is 4.82. The van der Waals surface area contributed by atoms with Crippen LogP contribution in [0.25, 0.3) is 51.5 Å². The molecule has 6 aromatic carbocycles. The van der Waals surface area contributed by atoms with Crippen LogP contribution in [0.4, 0.5) is 0 Å². The molecule has 0 aliphatic rings. The molecule has 0 unspecified atom stereocenters. The lowest BCUT2D eigenvalue weighted by Gasteiger charge is -2.02. The van der Waals surface area contributed by atoms with E-state index in [1.165, 1.54) is 51.5 Å². The third-order valence-electron chi connectivity index (χ3n) is 6.90. The Kier molecular flexibility index (Phi) is 9.87. The second kappa shape index (κ2) is 14.2. The van der Waals surface area contributed by atoms with E-state index in [1.807, 2.05) is 34.8 Å². The second-order valence-electron chi connectivity index (χ2n) is 9.73. The van der Waals surface area contributed by atoms with Crippen molar-refractivity contribution in [2.75, 3.05) is 0 Å². The van der Waals surface area contributed by atoms with Gasteiger partial charge >= 0.3 is 7.69 Å². The third kappa shape index (κ3) is 7.13. The minimum atomic E-state index is 0.562. The first-order chi connectivity index (χ1) is 21.5. The molecule has 44 heavy (non-hydrogen) atoms. The van der Waals surface area contributed by atoms with Crippen LogP contribution >= 0.6 is 61.8 Å². The first kappa shape index (κ1) is 30.7. The van der Waals surface area contributed by atoms with Gasteiger partial charge in [-0.1, -0.05) is 93.7 Å². The smallest absolute Gasteiger partial charge is 0.537 e. The largest absolute Gasteiger partial charge is 0.569 e. The van der Waals surface area contributed by atoms with E-state index in [9.17, 15) is 0 Å². The highest BCUT2D eigenvalue weighted by Gasteiger charge is 2.07. The van der Waals surface area contributed by atoms with Gasteiger partial charge in [-0.15, -0.1) is 22.7 Å². The summed E-state index contributed by atoms with van der Waals surface area (Å²) in [5.41, 5.74) is 2.43. The van der Waals surface area contributed by atoms with Gasteiger partial charge in [-0.2, -0.15) is 0 Å². The molecule has 2 aromatic heterocycles. The van der Waals surface area contributed by atoms with Gasteiger partial charge in [0.2, 0.25) is 0 Å². The zero-order valence-corrected chi connectivity index (χ0v) is 27.8. The number of benzene rings is 6. The Morgan fingerprint density at radius 3 is 1.59 bits per heavy atom. The minimum absolute atomic E-state index is 0.562. The van der Waals surface area contributed by atoms with Crippen LogP contribution in [0.2, 0.25) is 10.0 Å². The van der Waals surface area contributed by atoms with Crippen molar-refractivity contribution < 1.29 is 9.68 Å². The molecular formula is C36H23BBrCl2O2S2. The summed E-state index contributed by atoms with van der Waals surface area (Å²) in [6.45, 7) is 0. The molecule has 0 atom stereocenters. The fraction of sp³-hybridized carbons (Fsp3) is 0. The highest BCUT2D eigenvalue weighted by Crippen LogP contribution is 2.37.